The van der Waals surface area contributed by atoms with Crippen LogP contribution in [0.1, 0.15) is 17.7 Å². The average Bonchev–Trinajstić information content (AvgIpc) is 3.14. The molecule has 0 fully saturated rings. The quantitative estimate of drug-likeness (QED) is 0.616. The summed E-state index contributed by atoms with van der Waals surface area (Å²) in [6, 6.07) is 17.1. The van der Waals surface area contributed by atoms with Crippen molar-refractivity contribution in [3.63, 3.8) is 0 Å². The van der Waals surface area contributed by atoms with E-state index in [0.29, 0.717) is 6.61 Å². The second-order valence-electron chi connectivity index (χ2n) is 6.46. The number of aromatic amines is 1. The summed E-state index contributed by atoms with van der Waals surface area (Å²) in [6.07, 6.45) is 5.16. The number of H-pyrrole nitrogens is 1. The Balaban J connectivity index is 1.82. The summed E-state index contributed by atoms with van der Waals surface area (Å²) in [5.41, 5.74) is 6.91. The lowest BCUT2D eigenvalue weighted by Crippen LogP contribution is -2.04. The van der Waals surface area contributed by atoms with Gasteiger partial charge >= 0.3 is 0 Å². The zero-order valence-corrected chi connectivity index (χ0v) is 15.9. The molecule has 0 spiro atoms. The molecular formula is C22H22N2OS. The highest BCUT2D eigenvalue weighted by atomic mass is 32.2. The molecule has 2 aromatic carbocycles. The topological polar surface area (TPSA) is 37.9 Å². The van der Waals surface area contributed by atoms with E-state index >= 15 is 0 Å². The number of rotatable bonds is 4. The van der Waals surface area contributed by atoms with E-state index in [1.807, 2.05) is 0 Å². The number of ether oxygens (including phenoxy) is 1. The number of aryl methyl sites for hydroxylation is 1. The zero-order valence-electron chi connectivity index (χ0n) is 15.1. The summed E-state index contributed by atoms with van der Waals surface area (Å²) < 4.78 is 5.49. The average molecular weight is 362 g/mol. The van der Waals surface area contributed by atoms with Crippen molar-refractivity contribution in [2.24, 2.45) is 0 Å². The summed E-state index contributed by atoms with van der Waals surface area (Å²) in [5, 5.41) is 0. The standard InChI is InChI=1S/C22H22N2OS/c1-15-4-3-5-18(14-15)21-20(16-10-12-25-13-11-16)23-22(24-21)17-6-8-19(26-2)9-7-17/h3-10,14H,11-13H2,1-2H3,(H,23,24). The smallest absolute Gasteiger partial charge is 0.138 e. The fourth-order valence-electron chi connectivity index (χ4n) is 3.25. The summed E-state index contributed by atoms with van der Waals surface area (Å²) >= 11 is 1.75. The van der Waals surface area contributed by atoms with E-state index in [1.54, 1.807) is 11.8 Å². The van der Waals surface area contributed by atoms with Crippen LogP contribution in [0.3, 0.4) is 0 Å². The minimum atomic E-state index is 0.666. The van der Waals surface area contributed by atoms with Crippen LogP contribution in [-0.2, 0) is 4.74 Å². The lowest BCUT2D eigenvalue weighted by Gasteiger charge is -2.13. The first kappa shape index (κ1) is 17.1. The Kier molecular flexibility index (Phi) is 4.96. The Bertz CT molecular complexity index is 941. The zero-order chi connectivity index (χ0) is 17.9. The molecule has 1 aliphatic heterocycles. The minimum absolute atomic E-state index is 0.666. The largest absolute Gasteiger partial charge is 0.377 e. The van der Waals surface area contributed by atoms with Gasteiger partial charge in [-0.3, -0.25) is 0 Å². The number of thioether (sulfide) groups is 1. The van der Waals surface area contributed by atoms with Crippen LogP contribution in [0.4, 0.5) is 0 Å². The predicted octanol–water partition coefficient (Wildman–Crippen LogP) is 5.58. The van der Waals surface area contributed by atoms with Crippen molar-refractivity contribution in [1.82, 2.24) is 9.97 Å². The molecule has 0 radical (unpaired) electrons. The molecule has 26 heavy (non-hydrogen) atoms. The van der Waals surface area contributed by atoms with E-state index in [4.69, 9.17) is 9.72 Å². The highest BCUT2D eigenvalue weighted by Gasteiger charge is 2.18. The van der Waals surface area contributed by atoms with E-state index < -0.39 is 0 Å². The van der Waals surface area contributed by atoms with Gasteiger partial charge in [-0.2, -0.15) is 0 Å². The first-order valence-electron chi connectivity index (χ1n) is 8.83. The van der Waals surface area contributed by atoms with E-state index in [-0.39, 0.29) is 0 Å². The number of nitrogens with one attached hydrogen (secondary N) is 1. The molecule has 1 N–H and O–H groups in total. The number of hydrogen-bond donors (Lipinski definition) is 1. The number of aromatic nitrogens is 2. The van der Waals surface area contributed by atoms with Gasteiger partial charge < -0.3 is 9.72 Å². The SMILES string of the molecule is CSc1ccc(-c2nc(-c3cccc(C)c3)c(C3=CCOCC3)[nH]2)cc1. The van der Waals surface area contributed by atoms with Crippen molar-refractivity contribution < 1.29 is 4.74 Å². The van der Waals surface area contributed by atoms with E-state index in [2.05, 4.69) is 72.8 Å². The Morgan fingerprint density at radius 3 is 2.62 bits per heavy atom. The highest BCUT2D eigenvalue weighted by Crippen LogP contribution is 2.33. The first-order chi connectivity index (χ1) is 12.7. The van der Waals surface area contributed by atoms with Gasteiger partial charge in [0.25, 0.3) is 0 Å². The normalized spacial score (nSPS) is 14.3. The third kappa shape index (κ3) is 3.48. The van der Waals surface area contributed by atoms with Crippen molar-refractivity contribution in [2.45, 2.75) is 18.2 Å². The van der Waals surface area contributed by atoms with Gasteiger partial charge in [0, 0.05) is 16.0 Å². The Morgan fingerprint density at radius 2 is 1.92 bits per heavy atom. The molecule has 1 aromatic heterocycles. The van der Waals surface area contributed by atoms with Crippen LogP contribution in [-0.4, -0.2) is 29.4 Å². The molecule has 3 nitrogen and oxygen atoms in total. The lowest BCUT2D eigenvalue weighted by atomic mass is 10.0. The number of nitrogens with zero attached hydrogens (tertiary/aromatic N) is 1. The molecule has 2 heterocycles. The maximum Gasteiger partial charge on any atom is 0.138 e. The van der Waals surface area contributed by atoms with Gasteiger partial charge in [0.1, 0.15) is 5.82 Å². The van der Waals surface area contributed by atoms with Gasteiger partial charge in [-0.25, -0.2) is 4.98 Å². The minimum Gasteiger partial charge on any atom is -0.377 e. The summed E-state index contributed by atoms with van der Waals surface area (Å²) in [4.78, 5) is 9.82. The van der Waals surface area contributed by atoms with Gasteiger partial charge in [0.05, 0.1) is 24.6 Å². The van der Waals surface area contributed by atoms with Gasteiger partial charge in [-0.15, -0.1) is 11.8 Å². The van der Waals surface area contributed by atoms with Gasteiger partial charge in [-0.05, 0) is 43.4 Å². The van der Waals surface area contributed by atoms with Crippen LogP contribution in [0.25, 0.3) is 28.2 Å². The van der Waals surface area contributed by atoms with Gasteiger partial charge in [0.2, 0.25) is 0 Å². The van der Waals surface area contributed by atoms with E-state index in [9.17, 15) is 0 Å². The van der Waals surface area contributed by atoms with Crippen molar-refractivity contribution in [2.75, 3.05) is 19.5 Å². The molecule has 0 bridgehead atoms. The van der Waals surface area contributed by atoms with Crippen LogP contribution in [0.15, 0.2) is 59.5 Å². The first-order valence-corrected chi connectivity index (χ1v) is 10.1. The molecule has 0 saturated heterocycles. The highest BCUT2D eigenvalue weighted by molar-refractivity contribution is 7.98. The van der Waals surface area contributed by atoms with Crippen LogP contribution in [0.2, 0.25) is 0 Å². The molecule has 0 unspecified atom stereocenters. The monoisotopic (exact) mass is 362 g/mol. The second-order valence-corrected chi connectivity index (χ2v) is 7.34. The molecule has 1 aliphatic rings. The molecule has 0 aliphatic carbocycles. The number of hydrogen-bond acceptors (Lipinski definition) is 3. The lowest BCUT2D eigenvalue weighted by molar-refractivity contribution is 0.161. The van der Waals surface area contributed by atoms with Gasteiger partial charge in [-0.1, -0.05) is 42.0 Å². The van der Waals surface area contributed by atoms with Crippen LogP contribution in [0, 0.1) is 6.92 Å². The molecule has 4 rings (SSSR count). The Labute approximate surface area is 158 Å². The maximum absolute atomic E-state index is 5.49. The molecule has 0 amide bonds. The Morgan fingerprint density at radius 1 is 1.08 bits per heavy atom. The van der Waals surface area contributed by atoms with Gasteiger partial charge in [0.15, 0.2) is 0 Å². The fourth-order valence-corrected chi connectivity index (χ4v) is 3.65. The van der Waals surface area contributed by atoms with Crippen LogP contribution < -0.4 is 0 Å². The molecule has 0 saturated carbocycles. The third-order valence-electron chi connectivity index (χ3n) is 4.64. The molecular weight excluding hydrogens is 340 g/mol. The molecule has 132 valence electrons. The number of imidazole rings is 1. The molecule has 4 heteroatoms. The fraction of sp³-hybridized carbons (Fsp3) is 0.227. The van der Waals surface area contributed by atoms with Crippen molar-refractivity contribution in [1.29, 1.82) is 0 Å². The Hall–Kier alpha value is -2.30. The van der Waals surface area contributed by atoms with Crippen molar-refractivity contribution in [3.8, 4) is 22.6 Å². The maximum atomic E-state index is 5.49. The van der Waals surface area contributed by atoms with Crippen LogP contribution >= 0.6 is 11.8 Å². The summed E-state index contributed by atoms with van der Waals surface area (Å²) in [7, 11) is 0. The van der Waals surface area contributed by atoms with Crippen molar-refractivity contribution in [3.05, 3.63) is 65.9 Å². The second kappa shape index (κ2) is 7.52. The van der Waals surface area contributed by atoms with Crippen molar-refractivity contribution >= 4 is 17.3 Å². The van der Waals surface area contributed by atoms with E-state index in [1.165, 1.54) is 16.0 Å². The predicted molar refractivity (Wildman–Crippen MR) is 109 cm³/mol. The number of benzene rings is 2. The molecule has 0 atom stereocenters. The summed E-state index contributed by atoms with van der Waals surface area (Å²) in [6.45, 7) is 3.54. The summed E-state index contributed by atoms with van der Waals surface area (Å²) in [5.74, 6) is 0.913. The van der Waals surface area contributed by atoms with Crippen LogP contribution in [0.5, 0.6) is 0 Å². The van der Waals surface area contributed by atoms with E-state index in [0.717, 1.165) is 41.4 Å². The third-order valence-corrected chi connectivity index (χ3v) is 5.39. The molecule has 3 aromatic rings.